The van der Waals surface area contributed by atoms with Gasteiger partial charge in [-0.2, -0.15) is 5.26 Å². The number of hydrogen-bond acceptors (Lipinski definition) is 3. The summed E-state index contributed by atoms with van der Waals surface area (Å²) in [5.41, 5.74) is 9.78. The quantitative estimate of drug-likeness (QED) is 0.916. The Hall–Kier alpha value is -2.31. The van der Waals surface area contributed by atoms with Gasteiger partial charge in [-0.25, -0.2) is 0 Å². The first kappa shape index (κ1) is 14.1. The molecule has 0 saturated heterocycles. The highest BCUT2D eigenvalue weighted by Crippen LogP contribution is 2.27. The van der Waals surface area contributed by atoms with E-state index in [0.29, 0.717) is 5.56 Å². The third kappa shape index (κ3) is 2.81. The average molecular weight is 265 g/mol. The van der Waals surface area contributed by atoms with Gasteiger partial charge >= 0.3 is 0 Å². The summed E-state index contributed by atoms with van der Waals surface area (Å²) < 4.78 is 0. The van der Waals surface area contributed by atoms with Gasteiger partial charge in [0.15, 0.2) is 0 Å². The van der Waals surface area contributed by atoms with Crippen molar-refractivity contribution < 1.29 is 0 Å². The molecule has 0 aliphatic carbocycles. The smallest absolute Gasteiger partial charge is 0.101 e. The second-order valence-electron chi connectivity index (χ2n) is 4.79. The summed E-state index contributed by atoms with van der Waals surface area (Å²) in [7, 11) is 1.96. The molecule has 3 heteroatoms. The van der Waals surface area contributed by atoms with Crippen LogP contribution in [0.3, 0.4) is 0 Å². The molecule has 3 nitrogen and oxygen atoms in total. The van der Waals surface area contributed by atoms with Crippen molar-refractivity contribution >= 4 is 11.4 Å². The second kappa shape index (κ2) is 6.23. The van der Waals surface area contributed by atoms with Gasteiger partial charge in [-0.3, -0.25) is 0 Å². The van der Waals surface area contributed by atoms with Crippen molar-refractivity contribution in [3.63, 3.8) is 0 Å². The first-order valence-corrected chi connectivity index (χ1v) is 6.75. The van der Waals surface area contributed by atoms with Crippen LogP contribution in [0.4, 0.5) is 11.4 Å². The minimum atomic E-state index is 0.0840. The molecule has 0 heterocycles. The van der Waals surface area contributed by atoms with Gasteiger partial charge in [0.1, 0.15) is 6.07 Å². The van der Waals surface area contributed by atoms with Crippen LogP contribution in [0, 0.1) is 11.3 Å². The van der Waals surface area contributed by atoms with Gasteiger partial charge in [0.2, 0.25) is 0 Å². The van der Waals surface area contributed by atoms with Crippen LogP contribution >= 0.6 is 0 Å². The molecule has 0 aliphatic heterocycles. The summed E-state index contributed by atoms with van der Waals surface area (Å²) in [6.07, 6.45) is 0.923. The summed E-state index contributed by atoms with van der Waals surface area (Å²) in [6.45, 7) is 2.08. The number of nitriles is 1. The number of nitrogens with two attached hydrogens (primary N) is 1. The molecule has 0 bridgehead atoms. The summed E-state index contributed by atoms with van der Waals surface area (Å²) >= 11 is 0. The zero-order valence-electron chi connectivity index (χ0n) is 11.9. The lowest BCUT2D eigenvalue weighted by molar-refractivity contribution is 0.699. The van der Waals surface area contributed by atoms with E-state index < -0.39 is 0 Å². The predicted octanol–water partition coefficient (Wildman–Crippen LogP) is 3.74. The number of hydrogen-bond donors (Lipinski definition) is 1. The molecule has 0 aliphatic rings. The van der Waals surface area contributed by atoms with E-state index in [1.165, 1.54) is 0 Å². The molecule has 0 fully saturated rings. The van der Waals surface area contributed by atoms with Crippen LogP contribution in [0.25, 0.3) is 0 Å². The molecule has 0 unspecified atom stereocenters. The Kier molecular flexibility index (Phi) is 4.39. The highest BCUT2D eigenvalue weighted by molar-refractivity contribution is 5.68. The van der Waals surface area contributed by atoms with Crippen molar-refractivity contribution in [2.45, 2.75) is 19.4 Å². The Morgan fingerprint density at radius 1 is 1.15 bits per heavy atom. The third-order valence-corrected chi connectivity index (χ3v) is 3.53. The third-order valence-electron chi connectivity index (χ3n) is 3.53. The van der Waals surface area contributed by atoms with Crippen LogP contribution in [-0.4, -0.2) is 7.05 Å². The Balaban J connectivity index is 2.30. The van der Waals surface area contributed by atoms with Crippen LogP contribution in [0.5, 0.6) is 0 Å². The maximum atomic E-state index is 9.17. The number of rotatable bonds is 4. The second-order valence-corrected chi connectivity index (χ2v) is 4.79. The number of benzene rings is 2. The van der Waals surface area contributed by atoms with Gasteiger partial charge in [-0.1, -0.05) is 31.2 Å². The first-order valence-electron chi connectivity index (χ1n) is 6.75. The van der Waals surface area contributed by atoms with Crippen molar-refractivity contribution in [2.24, 2.45) is 5.73 Å². The zero-order chi connectivity index (χ0) is 14.5. The molecule has 2 aromatic rings. The van der Waals surface area contributed by atoms with Crippen molar-refractivity contribution in [1.82, 2.24) is 0 Å². The van der Waals surface area contributed by atoms with Gasteiger partial charge in [0.05, 0.1) is 11.3 Å². The minimum absolute atomic E-state index is 0.0840. The Morgan fingerprint density at radius 2 is 1.80 bits per heavy atom. The van der Waals surface area contributed by atoms with Crippen LogP contribution < -0.4 is 10.6 Å². The number of anilines is 2. The van der Waals surface area contributed by atoms with Crippen molar-refractivity contribution in [1.29, 1.82) is 5.26 Å². The maximum absolute atomic E-state index is 9.17. The number of para-hydroxylation sites is 1. The standard InChI is InChI=1S/C17H19N3/c1-3-16(19)13-8-10-15(11-9-13)20(2)17-7-5-4-6-14(17)12-18/h4-11,16H,3,19H2,1-2H3/t16-/m1/s1. The van der Waals surface area contributed by atoms with Crippen molar-refractivity contribution in [3.8, 4) is 6.07 Å². The van der Waals surface area contributed by atoms with Gasteiger partial charge < -0.3 is 10.6 Å². The van der Waals surface area contributed by atoms with Crippen molar-refractivity contribution in [3.05, 3.63) is 59.7 Å². The average Bonchev–Trinajstić information content (AvgIpc) is 2.53. The van der Waals surface area contributed by atoms with Crippen LogP contribution in [0.1, 0.15) is 30.5 Å². The first-order chi connectivity index (χ1) is 9.67. The molecule has 0 saturated carbocycles. The Morgan fingerprint density at radius 3 is 2.40 bits per heavy atom. The zero-order valence-corrected chi connectivity index (χ0v) is 11.9. The van der Waals surface area contributed by atoms with Gasteiger partial charge in [-0.05, 0) is 36.2 Å². The van der Waals surface area contributed by atoms with Gasteiger partial charge in [-0.15, -0.1) is 0 Å². The summed E-state index contributed by atoms with van der Waals surface area (Å²) in [6, 6.07) is 18.1. The molecule has 102 valence electrons. The summed E-state index contributed by atoms with van der Waals surface area (Å²) in [5.74, 6) is 0. The fraction of sp³-hybridized carbons (Fsp3) is 0.235. The summed E-state index contributed by atoms with van der Waals surface area (Å²) in [4.78, 5) is 2.01. The van der Waals surface area contributed by atoms with E-state index in [9.17, 15) is 0 Å². The van der Waals surface area contributed by atoms with Crippen LogP contribution in [-0.2, 0) is 0 Å². The molecule has 20 heavy (non-hydrogen) atoms. The molecular weight excluding hydrogens is 246 g/mol. The SMILES string of the molecule is CC[C@@H](N)c1ccc(N(C)c2ccccc2C#N)cc1. The maximum Gasteiger partial charge on any atom is 0.101 e. The van der Waals surface area contributed by atoms with E-state index in [1.807, 2.05) is 48.3 Å². The Bertz CT molecular complexity index is 611. The molecular formula is C17H19N3. The van der Waals surface area contributed by atoms with E-state index >= 15 is 0 Å². The lowest BCUT2D eigenvalue weighted by atomic mass is 10.0. The molecule has 2 rings (SSSR count). The van der Waals surface area contributed by atoms with E-state index in [2.05, 4.69) is 25.1 Å². The lowest BCUT2D eigenvalue weighted by Gasteiger charge is -2.21. The van der Waals surface area contributed by atoms with Crippen LogP contribution in [0.2, 0.25) is 0 Å². The topological polar surface area (TPSA) is 53.0 Å². The van der Waals surface area contributed by atoms with E-state index in [1.54, 1.807) is 0 Å². The highest BCUT2D eigenvalue weighted by Gasteiger charge is 2.09. The summed E-state index contributed by atoms with van der Waals surface area (Å²) in [5, 5.41) is 9.17. The van der Waals surface area contributed by atoms with Crippen molar-refractivity contribution in [2.75, 3.05) is 11.9 Å². The molecule has 2 aromatic carbocycles. The molecule has 2 N–H and O–H groups in total. The molecule has 0 aromatic heterocycles. The van der Waals surface area contributed by atoms with Crippen LogP contribution in [0.15, 0.2) is 48.5 Å². The largest absolute Gasteiger partial charge is 0.344 e. The monoisotopic (exact) mass is 265 g/mol. The van der Waals surface area contributed by atoms with Gasteiger partial charge in [0.25, 0.3) is 0 Å². The van der Waals surface area contributed by atoms with Gasteiger partial charge in [0, 0.05) is 18.8 Å². The molecule has 1 atom stereocenters. The fourth-order valence-corrected chi connectivity index (χ4v) is 2.18. The van der Waals surface area contributed by atoms with E-state index in [4.69, 9.17) is 11.0 Å². The molecule has 0 radical (unpaired) electrons. The van der Waals surface area contributed by atoms with E-state index in [-0.39, 0.29) is 6.04 Å². The minimum Gasteiger partial charge on any atom is -0.344 e. The molecule has 0 spiro atoms. The normalized spacial score (nSPS) is 11.7. The fourth-order valence-electron chi connectivity index (χ4n) is 2.18. The van der Waals surface area contributed by atoms with E-state index in [0.717, 1.165) is 23.4 Å². The predicted molar refractivity (Wildman–Crippen MR) is 82.9 cm³/mol. The lowest BCUT2D eigenvalue weighted by Crippen LogP contribution is -2.12. The Labute approximate surface area is 120 Å². The molecule has 0 amide bonds. The highest BCUT2D eigenvalue weighted by atomic mass is 15.1. The number of nitrogens with zero attached hydrogens (tertiary/aromatic N) is 2.